The first-order chi connectivity index (χ1) is 10.7. The van der Waals surface area contributed by atoms with E-state index in [0.29, 0.717) is 6.54 Å². The van der Waals surface area contributed by atoms with Gasteiger partial charge in [0.1, 0.15) is 0 Å². The molecule has 1 fully saturated rings. The maximum absolute atomic E-state index is 12.4. The third-order valence-electron chi connectivity index (χ3n) is 4.87. The molecule has 1 aromatic carbocycles. The molecule has 2 aliphatic rings. The Morgan fingerprint density at radius 3 is 2.77 bits per heavy atom. The van der Waals surface area contributed by atoms with Crippen molar-refractivity contribution in [1.82, 2.24) is 5.32 Å². The summed E-state index contributed by atoms with van der Waals surface area (Å²) in [5.41, 5.74) is 3.90. The molecule has 3 nitrogen and oxygen atoms in total. The van der Waals surface area contributed by atoms with E-state index in [2.05, 4.69) is 29.6 Å². The van der Waals surface area contributed by atoms with Gasteiger partial charge < -0.3 is 10.4 Å². The Kier molecular flexibility index (Phi) is 3.31. The summed E-state index contributed by atoms with van der Waals surface area (Å²) in [5, 5.41) is 12.3. The number of thiophene rings is 1. The van der Waals surface area contributed by atoms with Gasteiger partial charge in [-0.3, -0.25) is 4.79 Å². The van der Waals surface area contributed by atoms with E-state index in [1.165, 1.54) is 21.6 Å². The van der Waals surface area contributed by atoms with Crippen molar-refractivity contribution in [3.8, 4) is 10.4 Å². The number of amides is 1. The van der Waals surface area contributed by atoms with Crippen LogP contribution in [0.3, 0.4) is 0 Å². The molecule has 0 bridgehead atoms. The second kappa shape index (κ2) is 5.21. The molecule has 22 heavy (non-hydrogen) atoms. The number of carbonyl (C=O) groups excluding carboxylic acids is 1. The van der Waals surface area contributed by atoms with E-state index in [1.807, 2.05) is 6.07 Å². The van der Waals surface area contributed by atoms with Crippen LogP contribution in [0.15, 0.2) is 30.3 Å². The number of aliphatic hydroxyl groups is 1. The van der Waals surface area contributed by atoms with Crippen molar-refractivity contribution >= 4 is 17.2 Å². The van der Waals surface area contributed by atoms with Crippen molar-refractivity contribution in [3.05, 3.63) is 46.3 Å². The topological polar surface area (TPSA) is 49.3 Å². The number of benzene rings is 1. The first-order valence-electron chi connectivity index (χ1n) is 7.81. The van der Waals surface area contributed by atoms with Gasteiger partial charge in [0.2, 0.25) is 0 Å². The zero-order chi connectivity index (χ0) is 15.2. The number of aliphatic hydroxyl groups excluding tert-OH is 1. The van der Waals surface area contributed by atoms with Crippen LogP contribution >= 0.6 is 11.3 Å². The van der Waals surface area contributed by atoms with E-state index in [4.69, 9.17) is 0 Å². The lowest BCUT2D eigenvalue weighted by Gasteiger charge is -2.15. The maximum atomic E-state index is 12.4. The fourth-order valence-corrected chi connectivity index (χ4v) is 4.29. The second-order valence-electron chi connectivity index (χ2n) is 6.46. The van der Waals surface area contributed by atoms with E-state index in [1.54, 1.807) is 11.3 Å². The minimum atomic E-state index is -0.0425. The van der Waals surface area contributed by atoms with Crippen molar-refractivity contribution in [2.45, 2.75) is 25.7 Å². The van der Waals surface area contributed by atoms with Gasteiger partial charge in [-0.25, -0.2) is 0 Å². The molecule has 4 rings (SSSR count). The lowest BCUT2D eigenvalue weighted by molar-refractivity contribution is 0.0939. The molecule has 0 spiro atoms. The zero-order valence-corrected chi connectivity index (χ0v) is 13.2. The predicted molar refractivity (Wildman–Crippen MR) is 88.2 cm³/mol. The molecule has 1 heterocycles. The molecule has 114 valence electrons. The standard InChI is InChI=1S/C18H19NO2S/c20-11-18(7-8-18)10-19-17(21)15-9-13-6-5-12-3-1-2-4-14(12)16(13)22-15/h1-4,9,20H,5-8,10-11H2,(H,19,21). The highest BCUT2D eigenvalue weighted by Crippen LogP contribution is 2.44. The number of carbonyl (C=O) groups is 1. The highest BCUT2D eigenvalue weighted by molar-refractivity contribution is 7.17. The predicted octanol–water partition coefficient (Wildman–Crippen LogP) is 3.02. The molecular formula is C18H19NO2S. The molecular weight excluding hydrogens is 294 g/mol. The van der Waals surface area contributed by atoms with Crippen LogP contribution in [0.5, 0.6) is 0 Å². The summed E-state index contributed by atoms with van der Waals surface area (Å²) in [7, 11) is 0. The van der Waals surface area contributed by atoms with Crippen LogP contribution in [-0.4, -0.2) is 24.2 Å². The third kappa shape index (κ3) is 2.36. The highest BCUT2D eigenvalue weighted by atomic mass is 32.1. The summed E-state index contributed by atoms with van der Waals surface area (Å²) in [6.07, 6.45) is 4.08. The van der Waals surface area contributed by atoms with Gasteiger partial charge in [0.25, 0.3) is 5.91 Å². The van der Waals surface area contributed by atoms with Gasteiger partial charge in [0.05, 0.1) is 11.5 Å². The Morgan fingerprint density at radius 2 is 2.00 bits per heavy atom. The van der Waals surface area contributed by atoms with Crippen LogP contribution in [0.25, 0.3) is 10.4 Å². The van der Waals surface area contributed by atoms with Crippen LogP contribution in [0.1, 0.15) is 33.6 Å². The van der Waals surface area contributed by atoms with E-state index in [0.717, 1.165) is 30.6 Å². The summed E-state index contributed by atoms with van der Waals surface area (Å²) in [5.74, 6) is -0.00314. The Hall–Kier alpha value is -1.65. The van der Waals surface area contributed by atoms with Crippen molar-refractivity contribution < 1.29 is 9.90 Å². The van der Waals surface area contributed by atoms with Gasteiger partial charge >= 0.3 is 0 Å². The summed E-state index contributed by atoms with van der Waals surface area (Å²) in [6, 6.07) is 10.5. The molecule has 4 heteroatoms. The Balaban J connectivity index is 1.55. The fourth-order valence-electron chi connectivity index (χ4n) is 3.11. The summed E-state index contributed by atoms with van der Waals surface area (Å²) >= 11 is 1.59. The SMILES string of the molecule is O=C(NCC1(CO)CC1)c1cc2c(s1)-c1ccccc1CC2. The van der Waals surface area contributed by atoms with Gasteiger partial charge in [0, 0.05) is 16.8 Å². The number of aryl methyl sites for hydroxylation is 2. The van der Waals surface area contributed by atoms with Crippen LogP contribution in [0.2, 0.25) is 0 Å². The minimum absolute atomic E-state index is 0.00314. The van der Waals surface area contributed by atoms with E-state index in [-0.39, 0.29) is 17.9 Å². The molecule has 0 unspecified atom stereocenters. The van der Waals surface area contributed by atoms with Crippen molar-refractivity contribution in [3.63, 3.8) is 0 Å². The van der Waals surface area contributed by atoms with Crippen molar-refractivity contribution in [2.75, 3.05) is 13.2 Å². The first kappa shape index (κ1) is 14.0. The summed E-state index contributed by atoms with van der Waals surface area (Å²) < 4.78 is 0. The quantitative estimate of drug-likeness (QED) is 0.911. The van der Waals surface area contributed by atoms with Gasteiger partial charge in [0.15, 0.2) is 0 Å². The third-order valence-corrected chi connectivity index (χ3v) is 6.08. The van der Waals surface area contributed by atoms with Crippen LogP contribution in [-0.2, 0) is 12.8 Å². The minimum Gasteiger partial charge on any atom is -0.396 e. The second-order valence-corrected chi connectivity index (χ2v) is 7.52. The van der Waals surface area contributed by atoms with Gasteiger partial charge in [-0.05, 0) is 48.4 Å². The number of nitrogens with one attached hydrogen (secondary N) is 1. The number of hydrogen-bond acceptors (Lipinski definition) is 3. The Bertz CT molecular complexity index is 730. The normalized spacial score (nSPS) is 17.5. The van der Waals surface area contributed by atoms with Crippen molar-refractivity contribution in [2.24, 2.45) is 5.41 Å². The van der Waals surface area contributed by atoms with Crippen LogP contribution in [0.4, 0.5) is 0 Å². The van der Waals surface area contributed by atoms with Gasteiger partial charge in [-0.15, -0.1) is 11.3 Å². The average Bonchev–Trinajstić information content (AvgIpc) is 3.21. The lowest BCUT2D eigenvalue weighted by Crippen LogP contribution is -2.31. The largest absolute Gasteiger partial charge is 0.396 e. The molecule has 2 aliphatic carbocycles. The van der Waals surface area contributed by atoms with E-state index in [9.17, 15) is 9.90 Å². The molecule has 0 saturated heterocycles. The summed E-state index contributed by atoms with van der Waals surface area (Å²) in [6.45, 7) is 0.753. The number of fused-ring (bicyclic) bond motifs is 3. The molecule has 1 aromatic heterocycles. The molecule has 0 radical (unpaired) electrons. The van der Waals surface area contributed by atoms with Crippen molar-refractivity contribution in [1.29, 1.82) is 0 Å². The average molecular weight is 313 g/mol. The first-order valence-corrected chi connectivity index (χ1v) is 8.62. The zero-order valence-electron chi connectivity index (χ0n) is 12.4. The number of hydrogen-bond donors (Lipinski definition) is 2. The van der Waals surface area contributed by atoms with Gasteiger partial charge in [-0.2, -0.15) is 0 Å². The van der Waals surface area contributed by atoms with Crippen LogP contribution in [0, 0.1) is 5.41 Å². The molecule has 0 aliphatic heterocycles. The lowest BCUT2D eigenvalue weighted by atomic mass is 9.91. The Morgan fingerprint density at radius 1 is 1.23 bits per heavy atom. The van der Waals surface area contributed by atoms with E-state index < -0.39 is 0 Å². The monoisotopic (exact) mass is 313 g/mol. The fraction of sp³-hybridized carbons (Fsp3) is 0.389. The maximum Gasteiger partial charge on any atom is 0.261 e. The molecule has 2 aromatic rings. The molecule has 2 N–H and O–H groups in total. The van der Waals surface area contributed by atoms with Gasteiger partial charge in [-0.1, -0.05) is 24.3 Å². The molecule has 0 atom stereocenters. The smallest absolute Gasteiger partial charge is 0.261 e. The summed E-state index contributed by atoms with van der Waals surface area (Å²) in [4.78, 5) is 14.4. The van der Waals surface area contributed by atoms with Crippen LogP contribution < -0.4 is 5.32 Å². The number of rotatable bonds is 4. The van der Waals surface area contributed by atoms with E-state index >= 15 is 0 Å². The molecule has 1 saturated carbocycles. The molecule has 1 amide bonds. The highest BCUT2D eigenvalue weighted by Gasteiger charge is 2.42. The Labute approximate surface area is 134 Å².